The number of nitrogens with zero attached hydrogens (tertiary/aromatic N) is 1. The van der Waals surface area contributed by atoms with E-state index in [1.165, 1.54) is 12.1 Å². The van der Waals surface area contributed by atoms with Crippen molar-refractivity contribution in [3.63, 3.8) is 0 Å². The van der Waals surface area contributed by atoms with E-state index in [1.54, 1.807) is 0 Å². The maximum absolute atomic E-state index is 12.4. The molecule has 0 radical (unpaired) electrons. The van der Waals surface area contributed by atoms with Gasteiger partial charge in [-0.15, -0.1) is 0 Å². The van der Waals surface area contributed by atoms with Gasteiger partial charge in [0, 0.05) is 5.56 Å². The summed E-state index contributed by atoms with van der Waals surface area (Å²) in [6.45, 7) is -0.147. The Balaban J connectivity index is 2.33. The smallest absolute Gasteiger partial charge is 0.406 e. The van der Waals surface area contributed by atoms with E-state index < -0.39 is 17.7 Å². The fourth-order valence-corrected chi connectivity index (χ4v) is 1.29. The van der Waals surface area contributed by atoms with Crippen molar-refractivity contribution in [1.29, 1.82) is 0 Å². The molecule has 1 aliphatic rings. The minimum absolute atomic E-state index is 0.0592. The Morgan fingerprint density at radius 3 is 2.62 bits per heavy atom. The van der Waals surface area contributed by atoms with Gasteiger partial charge in [0.25, 0.3) is 0 Å². The Bertz CT molecular complexity index is 465. The number of alkyl halides is 3. The van der Waals surface area contributed by atoms with Gasteiger partial charge in [-0.25, -0.2) is 9.79 Å². The molecule has 6 heteroatoms. The number of halogens is 3. The molecule has 0 aliphatic carbocycles. The van der Waals surface area contributed by atoms with Gasteiger partial charge in [-0.3, -0.25) is 0 Å². The molecule has 0 atom stereocenters. The molecule has 84 valence electrons. The van der Waals surface area contributed by atoms with E-state index in [0.29, 0.717) is 0 Å². The molecule has 3 nitrogen and oxygen atoms in total. The molecule has 0 N–H and O–H groups in total. The summed E-state index contributed by atoms with van der Waals surface area (Å²) in [5, 5.41) is 0. The summed E-state index contributed by atoms with van der Waals surface area (Å²) in [6, 6.07) is 4.50. The quantitative estimate of drug-likeness (QED) is 0.691. The number of carbonyl (C=O) groups is 1. The van der Waals surface area contributed by atoms with Gasteiger partial charge in [0.1, 0.15) is 6.54 Å². The van der Waals surface area contributed by atoms with Crippen LogP contribution in [0.2, 0.25) is 0 Å². The first-order chi connectivity index (χ1) is 7.47. The van der Waals surface area contributed by atoms with Gasteiger partial charge in [-0.05, 0) is 18.2 Å². The third-order valence-corrected chi connectivity index (χ3v) is 2.00. The number of ether oxygens (including phenoxy) is 1. The summed E-state index contributed by atoms with van der Waals surface area (Å²) >= 11 is 0. The number of esters is 1. The van der Waals surface area contributed by atoms with E-state index in [1.807, 2.05) is 0 Å². The molecule has 1 heterocycles. The molecule has 2 rings (SSSR count). The fraction of sp³-hybridized carbons (Fsp3) is 0.200. The van der Waals surface area contributed by atoms with Crippen molar-refractivity contribution in [2.45, 2.75) is 6.18 Å². The van der Waals surface area contributed by atoms with Gasteiger partial charge in [0.05, 0.1) is 5.56 Å². The van der Waals surface area contributed by atoms with Crippen LogP contribution in [0.25, 0.3) is 0 Å². The van der Waals surface area contributed by atoms with Gasteiger partial charge in [0.2, 0.25) is 5.90 Å². The largest absolute Gasteiger partial charge is 0.416 e. The van der Waals surface area contributed by atoms with E-state index in [-0.39, 0.29) is 18.0 Å². The van der Waals surface area contributed by atoms with Gasteiger partial charge in [-0.1, -0.05) is 6.07 Å². The highest BCUT2D eigenvalue weighted by atomic mass is 19.4. The second-order valence-corrected chi connectivity index (χ2v) is 3.17. The van der Waals surface area contributed by atoms with Crippen LogP contribution in [-0.2, 0) is 15.7 Å². The molecule has 1 aromatic carbocycles. The van der Waals surface area contributed by atoms with Crippen molar-refractivity contribution in [3.05, 3.63) is 35.4 Å². The van der Waals surface area contributed by atoms with Crippen molar-refractivity contribution >= 4 is 11.9 Å². The first kappa shape index (κ1) is 10.7. The summed E-state index contributed by atoms with van der Waals surface area (Å²) < 4.78 is 41.8. The molecule has 1 aromatic rings. The number of rotatable bonds is 1. The third kappa shape index (κ3) is 2.05. The zero-order chi connectivity index (χ0) is 11.8. The Hall–Kier alpha value is -1.85. The van der Waals surface area contributed by atoms with E-state index in [4.69, 9.17) is 0 Å². The number of hydrogen-bond donors (Lipinski definition) is 0. The Kier molecular flexibility index (Phi) is 2.41. The number of benzene rings is 1. The van der Waals surface area contributed by atoms with E-state index >= 15 is 0 Å². The van der Waals surface area contributed by atoms with Crippen LogP contribution in [0.1, 0.15) is 11.1 Å². The first-order valence-corrected chi connectivity index (χ1v) is 4.39. The van der Waals surface area contributed by atoms with Gasteiger partial charge < -0.3 is 4.74 Å². The summed E-state index contributed by atoms with van der Waals surface area (Å²) in [6.07, 6.45) is -4.42. The van der Waals surface area contributed by atoms with E-state index in [9.17, 15) is 18.0 Å². The standard InChI is InChI=1S/C10H6F3NO2/c11-10(12,13)7-3-1-2-6(4-7)9-14-5-8(15)16-9/h1-4H,5H2. The molecular weight excluding hydrogens is 223 g/mol. The normalized spacial score (nSPS) is 15.9. The highest BCUT2D eigenvalue weighted by Gasteiger charge is 2.31. The van der Waals surface area contributed by atoms with Crippen LogP contribution in [0, 0.1) is 0 Å². The first-order valence-electron chi connectivity index (χ1n) is 4.39. The molecule has 0 aromatic heterocycles. The summed E-state index contributed by atoms with van der Waals surface area (Å²) in [5.74, 6) is -0.622. The Morgan fingerprint density at radius 1 is 1.31 bits per heavy atom. The molecule has 0 saturated carbocycles. The van der Waals surface area contributed by atoms with Gasteiger partial charge >= 0.3 is 12.1 Å². The Labute approximate surface area is 88.6 Å². The second kappa shape index (κ2) is 3.62. The molecule has 0 saturated heterocycles. The molecular formula is C10H6F3NO2. The predicted octanol–water partition coefficient (Wildman–Crippen LogP) is 2.01. The van der Waals surface area contributed by atoms with Gasteiger partial charge in [0.15, 0.2) is 0 Å². The molecule has 0 amide bonds. The fourth-order valence-electron chi connectivity index (χ4n) is 1.29. The highest BCUT2D eigenvalue weighted by Crippen LogP contribution is 2.29. The highest BCUT2D eigenvalue weighted by molar-refractivity contribution is 6.04. The minimum Gasteiger partial charge on any atom is -0.406 e. The molecule has 1 aliphatic heterocycles. The number of aliphatic imine (C=N–C) groups is 1. The lowest BCUT2D eigenvalue weighted by molar-refractivity contribution is -0.137. The van der Waals surface area contributed by atoms with E-state index in [2.05, 4.69) is 9.73 Å². The van der Waals surface area contributed by atoms with Crippen LogP contribution >= 0.6 is 0 Å². The predicted molar refractivity (Wildman–Crippen MR) is 48.9 cm³/mol. The van der Waals surface area contributed by atoms with Crippen LogP contribution in [0.3, 0.4) is 0 Å². The lowest BCUT2D eigenvalue weighted by atomic mass is 10.1. The number of cyclic esters (lactones) is 1. The average molecular weight is 229 g/mol. The van der Waals surface area contributed by atoms with Crippen molar-refractivity contribution in [2.75, 3.05) is 6.54 Å². The molecule has 0 bridgehead atoms. The third-order valence-electron chi connectivity index (χ3n) is 2.00. The number of carbonyl (C=O) groups excluding carboxylic acids is 1. The van der Waals surface area contributed by atoms with Crippen molar-refractivity contribution in [1.82, 2.24) is 0 Å². The second-order valence-electron chi connectivity index (χ2n) is 3.17. The van der Waals surface area contributed by atoms with Crippen LogP contribution in [-0.4, -0.2) is 18.4 Å². The van der Waals surface area contributed by atoms with Crippen LogP contribution < -0.4 is 0 Å². The molecule has 0 spiro atoms. The lowest BCUT2D eigenvalue weighted by Gasteiger charge is -2.07. The zero-order valence-electron chi connectivity index (χ0n) is 7.91. The summed E-state index contributed by atoms with van der Waals surface area (Å²) in [4.78, 5) is 14.4. The van der Waals surface area contributed by atoms with Crippen LogP contribution in [0.15, 0.2) is 29.3 Å². The lowest BCUT2D eigenvalue weighted by Crippen LogP contribution is -2.09. The molecule has 0 fully saturated rings. The Morgan fingerprint density at radius 2 is 2.06 bits per heavy atom. The maximum atomic E-state index is 12.4. The topological polar surface area (TPSA) is 38.7 Å². The van der Waals surface area contributed by atoms with Crippen molar-refractivity contribution in [2.24, 2.45) is 4.99 Å². The summed E-state index contributed by atoms with van der Waals surface area (Å²) in [7, 11) is 0. The minimum atomic E-state index is -4.42. The zero-order valence-corrected chi connectivity index (χ0v) is 7.91. The van der Waals surface area contributed by atoms with Crippen molar-refractivity contribution < 1.29 is 22.7 Å². The SMILES string of the molecule is O=C1CN=C(c2cccc(C(F)(F)F)c2)O1. The van der Waals surface area contributed by atoms with Crippen LogP contribution in [0.5, 0.6) is 0 Å². The summed E-state index contributed by atoms with van der Waals surface area (Å²) in [5.41, 5.74) is -0.642. The molecule has 0 unspecified atom stereocenters. The maximum Gasteiger partial charge on any atom is 0.416 e. The number of hydrogen-bond acceptors (Lipinski definition) is 3. The monoisotopic (exact) mass is 229 g/mol. The van der Waals surface area contributed by atoms with E-state index in [0.717, 1.165) is 12.1 Å². The average Bonchev–Trinajstić information content (AvgIpc) is 2.64. The van der Waals surface area contributed by atoms with Crippen LogP contribution in [0.4, 0.5) is 13.2 Å². The van der Waals surface area contributed by atoms with Gasteiger partial charge in [-0.2, -0.15) is 13.2 Å². The van der Waals surface area contributed by atoms with Crippen molar-refractivity contribution in [3.8, 4) is 0 Å². The molecule has 16 heavy (non-hydrogen) atoms.